The summed E-state index contributed by atoms with van der Waals surface area (Å²) in [5.41, 5.74) is 2.13. The van der Waals surface area contributed by atoms with Gasteiger partial charge in [-0.05, 0) is 37.1 Å². The molecular formula is C18H22N2O3. The first-order valence-electron chi connectivity index (χ1n) is 7.88. The second-order valence-electron chi connectivity index (χ2n) is 5.84. The van der Waals surface area contributed by atoms with Crippen molar-refractivity contribution in [3.8, 4) is 11.5 Å². The zero-order valence-corrected chi connectivity index (χ0v) is 13.2. The molecule has 0 spiro atoms. The third kappa shape index (κ3) is 3.82. The Morgan fingerprint density at radius 1 is 0.957 bits per heavy atom. The Morgan fingerprint density at radius 3 is 2.09 bits per heavy atom. The number of hydrogen-bond donors (Lipinski definition) is 3. The Morgan fingerprint density at radius 2 is 1.52 bits per heavy atom. The summed E-state index contributed by atoms with van der Waals surface area (Å²) in [4.78, 5) is 2.26. The smallest absolute Gasteiger partial charge is 0.219 e. The van der Waals surface area contributed by atoms with Crippen LogP contribution in [0, 0.1) is 0 Å². The SMILES string of the molecule is CC(O)(O)NCCCCN1c2ccccc2Oc2ccccc21. The summed E-state index contributed by atoms with van der Waals surface area (Å²) in [6.45, 7) is 2.71. The minimum absolute atomic E-state index is 0.553. The first kappa shape index (κ1) is 15.8. The average Bonchev–Trinajstić information content (AvgIpc) is 2.52. The van der Waals surface area contributed by atoms with Crippen LogP contribution in [0.15, 0.2) is 48.5 Å². The van der Waals surface area contributed by atoms with Crippen LogP contribution in [0.5, 0.6) is 11.5 Å². The van der Waals surface area contributed by atoms with E-state index in [4.69, 9.17) is 4.74 Å². The number of aliphatic hydroxyl groups is 2. The quantitative estimate of drug-likeness (QED) is 0.565. The molecule has 0 fully saturated rings. The zero-order valence-electron chi connectivity index (χ0n) is 13.2. The standard InChI is InChI=1S/C18H22N2O3/c1-18(21,22)19-12-6-7-13-20-14-8-2-4-10-16(14)23-17-11-5-3-9-15(17)20/h2-5,8-11,19,21-22H,6-7,12-13H2,1H3. The maximum Gasteiger partial charge on any atom is 0.219 e. The Kier molecular flexibility index (Phi) is 4.52. The van der Waals surface area contributed by atoms with Crippen molar-refractivity contribution in [1.82, 2.24) is 5.32 Å². The van der Waals surface area contributed by atoms with Crippen LogP contribution < -0.4 is 15.0 Å². The fraction of sp³-hybridized carbons (Fsp3) is 0.333. The molecule has 0 aliphatic carbocycles. The molecular weight excluding hydrogens is 292 g/mol. The molecule has 0 unspecified atom stereocenters. The van der Waals surface area contributed by atoms with E-state index >= 15 is 0 Å². The number of fused-ring (bicyclic) bond motifs is 2. The lowest BCUT2D eigenvalue weighted by atomic mass is 10.1. The van der Waals surface area contributed by atoms with Crippen molar-refractivity contribution in [1.29, 1.82) is 0 Å². The molecule has 0 aromatic heterocycles. The molecule has 0 radical (unpaired) electrons. The fourth-order valence-corrected chi connectivity index (χ4v) is 2.74. The summed E-state index contributed by atoms with van der Waals surface area (Å²) in [6.07, 6.45) is 1.77. The molecule has 1 aliphatic rings. The van der Waals surface area contributed by atoms with Gasteiger partial charge in [-0.25, -0.2) is 0 Å². The number of benzene rings is 2. The van der Waals surface area contributed by atoms with Crippen molar-refractivity contribution < 1.29 is 14.9 Å². The molecule has 5 nitrogen and oxygen atoms in total. The Hall–Kier alpha value is -2.08. The van der Waals surface area contributed by atoms with Crippen LogP contribution in [0.4, 0.5) is 11.4 Å². The van der Waals surface area contributed by atoms with Crippen LogP contribution in [0.25, 0.3) is 0 Å². The van der Waals surface area contributed by atoms with E-state index in [1.54, 1.807) is 0 Å². The molecule has 1 heterocycles. The van der Waals surface area contributed by atoms with Gasteiger partial charge in [0, 0.05) is 20.0 Å². The van der Waals surface area contributed by atoms with Gasteiger partial charge < -0.3 is 19.8 Å². The molecule has 2 aromatic rings. The minimum atomic E-state index is -1.81. The summed E-state index contributed by atoms with van der Waals surface area (Å²) in [5, 5.41) is 21.2. The van der Waals surface area contributed by atoms with Crippen LogP contribution in [-0.2, 0) is 0 Å². The van der Waals surface area contributed by atoms with Gasteiger partial charge >= 0.3 is 0 Å². The van der Waals surface area contributed by atoms with Gasteiger partial charge in [0.05, 0.1) is 11.4 Å². The predicted octanol–water partition coefficient (Wildman–Crippen LogP) is 2.96. The number of ether oxygens (including phenoxy) is 1. The molecule has 0 saturated heterocycles. The maximum atomic E-state index is 9.24. The molecule has 5 heteroatoms. The summed E-state index contributed by atoms with van der Waals surface area (Å²) in [5.74, 6) is -0.0803. The van der Waals surface area contributed by atoms with Gasteiger partial charge in [0.2, 0.25) is 5.91 Å². The molecule has 122 valence electrons. The number of nitrogens with one attached hydrogen (secondary N) is 1. The number of hydrogen-bond acceptors (Lipinski definition) is 5. The lowest BCUT2D eigenvalue weighted by Crippen LogP contribution is -2.42. The van der Waals surface area contributed by atoms with Crippen molar-refractivity contribution in [2.45, 2.75) is 25.7 Å². The minimum Gasteiger partial charge on any atom is -0.453 e. The molecule has 0 saturated carbocycles. The van der Waals surface area contributed by atoms with E-state index in [0.717, 1.165) is 42.3 Å². The number of nitrogens with zero attached hydrogens (tertiary/aromatic N) is 1. The first-order chi connectivity index (χ1) is 11.0. The molecule has 0 amide bonds. The highest BCUT2D eigenvalue weighted by atomic mass is 16.5. The second-order valence-corrected chi connectivity index (χ2v) is 5.84. The highest BCUT2D eigenvalue weighted by Crippen LogP contribution is 2.46. The molecule has 0 bridgehead atoms. The van der Waals surface area contributed by atoms with Crippen molar-refractivity contribution in [2.75, 3.05) is 18.0 Å². The Labute approximate surface area is 136 Å². The van der Waals surface area contributed by atoms with Gasteiger partial charge in [-0.2, -0.15) is 0 Å². The van der Waals surface area contributed by atoms with Crippen LogP contribution in [0.2, 0.25) is 0 Å². The fourth-order valence-electron chi connectivity index (χ4n) is 2.74. The summed E-state index contributed by atoms with van der Waals surface area (Å²) in [6, 6.07) is 16.0. The third-order valence-corrected chi connectivity index (χ3v) is 3.80. The van der Waals surface area contributed by atoms with E-state index in [1.807, 2.05) is 36.4 Å². The van der Waals surface area contributed by atoms with Gasteiger partial charge in [-0.15, -0.1) is 0 Å². The first-order valence-corrected chi connectivity index (χ1v) is 7.88. The number of rotatable bonds is 6. The van der Waals surface area contributed by atoms with E-state index in [2.05, 4.69) is 22.3 Å². The van der Waals surface area contributed by atoms with E-state index in [9.17, 15) is 10.2 Å². The van der Waals surface area contributed by atoms with Crippen molar-refractivity contribution >= 4 is 11.4 Å². The van der Waals surface area contributed by atoms with Gasteiger partial charge in [-0.3, -0.25) is 5.32 Å². The maximum absolute atomic E-state index is 9.24. The largest absolute Gasteiger partial charge is 0.453 e. The highest BCUT2D eigenvalue weighted by molar-refractivity contribution is 5.77. The highest BCUT2D eigenvalue weighted by Gasteiger charge is 2.23. The Balaban J connectivity index is 1.69. The van der Waals surface area contributed by atoms with E-state index in [0.29, 0.717) is 6.54 Å². The van der Waals surface area contributed by atoms with Crippen LogP contribution in [-0.4, -0.2) is 29.2 Å². The average molecular weight is 314 g/mol. The van der Waals surface area contributed by atoms with Crippen molar-refractivity contribution in [2.24, 2.45) is 0 Å². The van der Waals surface area contributed by atoms with Gasteiger partial charge in [-0.1, -0.05) is 24.3 Å². The molecule has 2 aromatic carbocycles. The molecule has 23 heavy (non-hydrogen) atoms. The molecule has 0 atom stereocenters. The van der Waals surface area contributed by atoms with E-state index < -0.39 is 5.91 Å². The van der Waals surface area contributed by atoms with Gasteiger partial charge in [0.1, 0.15) is 0 Å². The van der Waals surface area contributed by atoms with Crippen LogP contribution in [0.1, 0.15) is 19.8 Å². The number of anilines is 2. The van der Waals surface area contributed by atoms with Crippen molar-refractivity contribution in [3.63, 3.8) is 0 Å². The molecule has 3 rings (SSSR count). The van der Waals surface area contributed by atoms with Gasteiger partial charge in [0.15, 0.2) is 11.5 Å². The normalized spacial score (nSPS) is 13.3. The second kappa shape index (κ2) is 6.58. The topological polar surface area (TPSA) is 65.0 Å². The summed E-state index contributed by atoms with van der Waals surface area (Å²) >= 11 is 0. The Bertz CT molecular complexity index is 622. The van der Waals surface area contributed by atoms with E-state index in [1.165, 1.54) is 6.92 Å². The van der Waals surface area contributed by atoms with E-state index in [-0.39, 0.29) is 0 Å². The van der Waals surface area contributed by atoms with Crippen LogP contribution >= 0.6 is 0 Å². The lowest BCUT2D eigenvalue weighted by molar-refractivity contribution is -0.169. The number of para-hydroxylation sites is 4. The van der Waals surface area contributed by atoms with Gasteiger partial charge in [0.25, 0.3) is 0 Å². The molecule has 3 N–H and O–H groups in total. The summed E-state index contributed by atoms with van der Waals surface area (Å²) in [7, 11) is 0. The predicted molar refractivity (Wildman–Crippen MR) is 90.0 cm³/mol. The molecule has 1 aliphatic heterocycles. The lowest BCUT2D eigenvalue weighted by Gasteiger charge is -2.32. The van der Waals surface area contributed by atoms with Crippen molar-refractivity contribution in [3.05, 3.63) is 48.5 Å². The zero-order chi connectivity index (χ0) is 16.3. The third-order valence-electron chi connectivity index (χ3n) is 3.80. The van der Waals surface area contributed by atoms with Crippen LogP contribution in [0.3, 0.4) is 0 Å². The monoisotopic (exact) mass is 314 g/mol. The summed E-state index contributed by atoms with van der Waals surface area (Å²) < 4.78 is 5.96. The number of unbranched alkanes of at least 4 members (excludes halogenated alkanes) is 1.